The molecule has 0 aliphatic rings. The van der Waals surface area contributed by atoms with Gasteiger partial charge in [0.25, 0.3) is 0 Å². The minimum Gasteiger partial charge on any atom is -0.399 e. The van der Waals surface area contributed by atoms with Crippen LogP contribution in [-0.4, -0.2) is 11.3 Å². The Balaban J connectivity index is 2.66. The molecule has 0 amide bonds. The smallest absolute Gasteiger partial charge is 0.106 e. The molecule has 0 fully saturated rings. The fraction of sp³-hybridized carbons (Fsp3) is 0.250. The van der Waals surface area contributed by atoms with E-state index in [1.54, 1.807) is 12.1 Å². The second kappa shape index (κ2) is 3.37. The van der Waals surface area contributed by atoms with Crippen LogP contribution in [0.3, 0.4) is 0 Å². The summed E-state index contributed by atoms with van der Waals surface area (Å²) >= 11 is 0. The number of nitrogen functional groups attached to an aromatic ring is 1. The lowest BCUT2D eigenvalue weighted by atomic mass is 10.1. The molecule has 5 N–H and O–H groups in total. The Kier molecular flexibility index (Phi) is 2.46. The molecule has 0 radical (unpaired) electrons. The van der Waals surface area contributed by atoms with E-state index in [9.17, 15) is 0 Å². The van der Waals surface area contributed by atoms with Crippen LogP contribution in [0.15, 0.2) is 24.3 Å². The van der Waals surface area contributed by atoms with Gasteiger partial charge in [-0.1, -0.05) is 12.1 Å². The minimum absolute atomic E-state index is 0.472. The summed E-state index contributed by atoms with van der Waals surface area (Å²) < 4.78 is 0. The fourth-order valence-electron chi connectivity index (χ4n) is 0.895. The van der Waals surface area contributed by atoms with E-state index in [0.717, 1.165) is 11.3 Å². The molecule has 11 heavy (non-hydrogen) atoms. The van der Waals surface area contributed by atoms with Crippen molar-refractivity contribution in [1.82, 2.24) is 0 Å². The number of aliphatic hydroxyl groups is 1. The molecule has 1 atom stereocenters. The van der Waals surface area contributed by atoms with Gasteiger partial charge in [0.2, 0.25) is 0 Å². The lowest BCUT2D eigenvalue weighted by Crippen LogP contribution is -2.21. The van der Waals surface area contributed by atoms with Gasteiger partial charge >= 0.3 is 0 Å². The first-order chi connectivity index (χ1) is 5.18. The van der Waals surface area contributed by atoms with Gasteiger partial charge in [0.05, 0.1) is 0 Å². The van der Waals surface area contributed by atoms with E-state index in [1.165, 1.54) is 0 Å². The predicted octanol–water partition coefficient (Wildman–Crippen LogP) is 0.0884. The molecule has 3 heteroatoms. The highest BCUT2D eigenvalue weighted by atomic mass is 16.3. The monoisotopic (exact) mass is 152 g/mol. The first-order valence-electron chi connectivity index (χ1n) is 3.46. The summed E-state index contributed by atoms with van der Waals surface area (Å²) in [5.41, 5.74) is 12.4. The zero-order chi connectivity index (χ0) is 8.27. The SMILES string of the molecule is Nc1ccc(CC(N)O)cc1. The van der Waals surface area contributed by atoms with Gasteiger partial charge in [-0.2, -0.15) is 0 Å². The van der Waals surface area contributed by atoms with Crippen LogP contribution in [0, 0.1) is 0 Å². The number of anilines is 1. The Labute approximate surface area is 65.6 Å². The van der Waals surface area contributed by atoms with Crippen LogP contribution in [-0.2, 0) is 6.42 Å². The molecule has 60 valence electrons. The standard InChI is InChI=1S/C8H12N2O/c9-7-3-1-6(2-4-7)5-8(10)11/h1-4,8,11H,5,9-10H2. The maximum atomic E-state index is 8.82. The average Bonchev–Trinajstić information content (AvgIpc) is 1.93. The molecule has 1 unspecified atom stereocenters. The zero-order valence-corrected chi connectivity index (χ0v) is 6.20. The van der Waals surface area contributed by atoms with E-state index in [2.05, 4.69) is 0 Å². The second-order valence-electron chi connectivity index (χ2n) is 2.51. The van der Waals surface area contributed by atoms with Gasteiger partial charge in [-0.25, -0.2) is 0 Å². The topological polar surface area (TPSA) is 72.3 Å². The number of nitrogens with two attached hydrogens (primary N) is 2. The first-order valence-corrected chi connectivity index (χ1v) is 3.46. The molecule has 0 heterocycles. The van der Waals surface area contributed by atoms with Gasteiger partial charge < -0.3 is 16.6 Å². The van der Waals surface area contributed by atoms with Crippen molar-refractivity contribution in [2.24, 2.45) is 5.73 Å². The summed E-state index contributed by atoms with van der Waals surface area (Å²) in [6.07, 6.45) is -0.307. The maximum absolute atomic E-state index is 8.82. The van der Waals surface area contributed by atoms with Crippen LogP contribution in [0.2, 0.25) is 0 Å². The Morgan fingerprint density at radius 1 is 1.27 bits per heavy atom. The number of hydrogen-bond donors (Lipinski definition) is 3. The maximum Gasteiger partial charge on any atom is 0.106 e. The van der Waals surface area contributed by atoms with E-state index in [1.807, 2.05) is 12.1 Å². The quantitative estimate of drug-likeness (QED) is 0.415. The van der Waals surface area contributed by atoms with Crippen molar-refractivity contribution in [3.63, 3.8) is 0 Å². The highest BCUT2D eigenvalue weighted by molar-refractivity contribution is 5.39. The molecule has 3 nitrogen and oxygen atoms in total. The van der Waals surface area contributed by atoms with Gasteiger partial charge in [-0.15, -0.1) is 0 Å². The van der Waals surface area contributed by atoms with Crippen molar-refractivity contribution in [2.75, 3.05) is 5.73 Å². The zero-order valence-electron chi connectivity index (χ0n) is 6.20. The Hall–Kier alpha value is -1.06. The van der Waals surface area contributed by atoms with E-state index in [4.69, 9.17) is 16.6 Å². The van der Waals surface area contributed by atoms with Crippen LogP contribution in [0.1, 0.15) is 5.56 Å². The largest absolute Gasteiger partial charge is 0.399 e. The highest BCUT2D eigenvalue weighted by Gasteiger charge is 1.97. The number of benzene rings is 1. The molecule has 1 aromatic rings. The average molecular weight is 152 g/mol. The number of hydrogen-bond acceptors (Lipinski definition) is 3. The third-order valence-corrected chi connectivity index (χ3v) is 1.42. The fourth-order valence-corrected chi connectivity index (χ4v) is 0.895. The second-order valence-corrected chi connectivity index (χ2v) is 2.51. The highest BCUT2D eigenvalue weighted by Crippen LogP contribution is 2.06. The van der Waals surface area contributed by atoms with Crippen LogP contribution in [0.5, 0.6) is 0 Å². The molecule has 0 saturated heterocycles. The number of rotatable bonds is 2. The van der Waals surface area contributed by atoms with E-state index >= 15 is 0 Å². The van der Waals surface area contributed by atoms with Gasteiger partial charge in [0.1, 0.15) is 6.23 Å². The summed E-state index contributed by atoms with van der Waals surface area (Å²) in [6, 6.07) is 7.28. The van der Waals surface area contributed by atoms with Crippen molar-refractivity contribution in [2.45, 2.75) is 12.6 Å². The van der Waals surface area contributed by atoms with E-state index < -0.39 is 6.23 Å². The minimum atomic E-state index is -0.779. The number of aliphatic hydroxyl groups excluding tert-OH is 1. The van der Waals surface area contributed by atoms with Crippen LogP contribution in [0.25, 0.3) is 0 Å². The van der Waals surface area contributed by atoms with Crippen molar-refractivity contribution in [3.05, 3.63) is 29.8 Å². The lowest BCUT2D eigenvalue weighted by molar-refractivity contribution is 0.183. The van der Waals surface area contributed by atoms with Crippen molar-refractivity contribution < 1.29 is 5.11 Å². The summed E-state index contributed by atoms with van der Waals surface area (Å²) in [5, 5.41) is 8.82. The summed E-state index contributed by atoms with van der Waals surface area (Å²) in [4.78, 5) is 0. The van der Waals surface area contributed by atoms with Crippen molar-refractivity contribution in [1.29, 1.82) is 0 Å². The molecule has 0 saturated carbocycles. The summed E-state index contributed by atoms with van der Waals surface area (Å²) in [7, 11) is 0. The molecular weight excluding hydrogens is 140 g/mol. The molecule has 0 bridgehead atoms. The molecule has 0 spiro atoms. The van der Waals surface area contributed by atoms with Crippen LogP contribution >= 0.6 is 0 Å². The Bertz CT molecular complexity index is 218. The summed E-state index contributed by atoms with van der Waals surface area (Å²) in [5.74, 6) is 0. The van der Waals surface area contributed by atoms with Crippen molar-refractivity contribution >= 4 is 5.69 Å². The van der Waals surface area contributed by atoms with Crippen molar-refractivity contribution in [3.8, 4) is 0 Å². The molecule has 0 aromatic heterocycles. The lowest BCUT2D eigenvalue weighted by Gasteiger charge is -2.03. The predicted molar refractivity (Wildman–Crippen MR) is 44.8 cm³/mol. The van der Waals surface area contributed by atoms with Crippen LogP contribution < -0.4 is 11.5 Å². The van der Waals surface area contributed by atoms with Crippen LogP contribution in [0.4, 0.5) is 5.69 Å². The molecule has 1 rings (SSSR count). The van der Waals surface area contributed by atoms with Gasteiger partial charge in [-0.05, 0) is 17.7 Å². The first kappa shape index (κ1) is 8.04. The third kappa shape index (κ3) is 2.57. The summed E-state index contributed by atoms with van der Waals surface area (Å²) in [6.45, 7) is 0. The normalized spacial score (nSPS) is 12.9. The molecule has 0 aliphatic carbocycles. The van der Waals surface area contributed by atoms with E-state index in [0.29, 0.717) is 6.42 Å². The Morgan fingerprint density at radius 3 is 2.27 bits per heavy atom. The molecule has 1 aromatic carbocycles. The third-order valence-electron chi connectivity index (χ3n) is 1.42. The molecular formula is C8H12N2O. The van der Waals surface area contributed by atoms with Gasteiger partial charge in [-0.3, -0.25) is 0 Å². The Morgan fingerprint density at radius 2 is 1.82 bits per heavy atom. The van der Waals surface area contributed by atoms with E-state index in [-0.39, 0.29) is 0 Å². The van der Waals surface area contributed by atoms with Gasteiger partial charge in [0, 0.05) is 12.1 Å². The van der Waals surface area contributed by atoms with Gasteiger partial charge in [0.15, 0.2) is 0 Å². The molecule has 0 aliphatic heterocycles.